The Morgan fingerprint density at radius 1 is 1.52 bits per heavy atom. The maximum Gasteiger partial charge on any atom is 0.273 e. The number of likely N-dealkylation sites (tertiary alicyclic amines) is 1. The molecule has 2 aromatic heterocycles. The molecule has 1 aliphatic rings. The van der Waals surface area contributed by atoms with Crippen molar-refractivity contribution in [2.24, 2.45) is 11.7 Å². The largest absolute Gasteiger partial charge is 0.337 e. The third-order valence-electron chi connectivity index (χ3n) is 3.94. The van der Waals surface area contributed by atoms with Gasteiger partial charge in [0.1, 0.15) is 10.7 Å². The summed E-state index contributed by atoms with van der Waals surface area (Å²) in [5.74, 6) is 0.442. The summed E-state index contributed by atoms with van der Waals surface area (Å²) >= 11 is 3.18. The molecule has 0 spiro atoms. The zero-order valence-electron chi connectivity index (χ0n) is 12.0. The molecule has 2 N–H and O–H groups in total. The fourth-order valence-corrected chi connectivity index (χ4v) is 4.28. The van der Waals surface area contributed by atoms with Crippen LogP contribution in [0.2, 0.25) is 0 Å². The van der Waals surface area contributed by atoms with Crippen molar-refractivity contribution >= 4 is 28.6 Å². The van der Waals surface area contributed by atoms with Crippen LogP contribution in [0.25, 0.3) is 9.88 Å². The molecule has 2 aromatic rings. The maximum atomic E-state index is 12.6. The predicted octanol–water partition coefficient (Wildman–Crippen LogP) is 3.07. The van der Waals surface area contributed by atoms with E-state index in [0.717, 1.165) is 35.8 Å². The second-order valence-electron chi connectivity index (χ2n) is 5.53. The first-order chi connectivity index (χ1) is 10.1. The van der Waals surface area contributed by atoms with E-state index in [1.807, 2.05) is 34.7 Å². The van der Waals surface area contributed by atoms with Gasteiger partial charge in [0, 0.05) is 24.5 Å². The molecule has 3 heterocycles. The van der Waals surface area contributed by atoms with Crippen molar-refractivity contribution in [1.82, 2.24) is 9.88 Å². The lowest BCUT2D eigenvalue weighted by Crippen LogP contribution is -2.45. The lowest BCUT2D eigenvalue weighted by atomic mass is 9.92. The molecule has 1 saturated heterocycles. The fraction of sp³-hybridized carbons (Fsp3) is 0.467. The molecule has 6 heteroatoms. The quantitative estimate of drug-likeness (QED) is 0.945. The summed E-state index contributed by atoms with van der Waals surface area (Å²) in [6.07, 6.45) is 2.14. The molecule has 0 aromatic carbocycles. The molecule has 0 aliphatic carbocycles. The van der Waals surface area contributed by atoms with E-state index in [9.17, 15) is 4.79 Å². The van der Waals surface area contributed by atoms with Crippen LogP contribution in [-0.2, 0) is 0 Å². The Morgan fingerprint density at radius 2 is 2.38 bits per heavy atom. The Morgan fingerprint density at radius 3 is 3.10 bits per heavy atom. The van der Waals surface area contributed by atoms with E-state index in [1.165, 1.54) is 11.3 Å². The minimum Gasteiger partial charge on any atom is -0.337 e. The molecule has 112 valence electrons. The van der Waals surface area contributed by atoms with Crippen LogP contribution in [-0.4, -0.2) is 34.9 Å². The molecule has 2 unspecified atom stereocenters. The Balaban J connectivity index is 1.73. The molecule has 4 nitrogen and oxygen atoms in total. The van der Waals surface area contributed by atoms with Crippen LogP contribution in [0.5, 0.6) is 0 Å². The normalized spacial score (nSPS) is 20.5. The maximum absolute atomic E-state index is 12.6. The highest BCUT2D eigenvalue weighted by atomic mass is 32.1. The second-order valence-corrected chi connectivity index (χ2v) is 7.33. The first-order valence-corrected chi connectivity index (χ1v) is 8.95. The van der Waals surface area contributed by atoms with E-state index in [1.54, 1.807) is 11.3 Å². The number of hydrogen-bond donors (Lipinski definition) is 1. The first kappa shape index (κ1) is 14.7. The summed E-state index contributed by atoms with van der Waals surface area (Å²) in [6.45, 7) is 3.59. The zero-order valence-corrected chi connectivity index (χ0v) is 13.6. The van der Waals surface area contributed by atoms with Gasteiger partial charge in [-0.05, 0) is 37.1 Å². The standard InChI is InChI=1S/C15H19N3OS2/c1-10(16)11-4-2-6-18(8-11)15(19)12-9-21-14(17-12)13-5-3-7-20-13/h3,5,7,9-11H,2,4,6,8,16H2,1H3. The van der Waals surface area contributed by atoms with Gasteiger partial charge in [-0.3, -0.25) is 4.79 Å². The smallest absolute Gasteiger partial charge is 0.273 e. The highest BCUT2D eigenvalue weighted by Crippen LogP contribution is 2.29. The molecule has 21 heavy (non-hydrogen) atoms. The monoisotopic (exact) mass is 321 g/mol. The van der Waals surface area contributed by atoms with Gasteiger partial charge in [-0.2, -0.15) is 0 Å². The lowest BCUT2D eigenvalue weighted by Gasteiger charge is -2.34. The number of carbonyl (C=O) groups is 1. The van der Waals surface area contributed by atoms with Crippen LogP contribution in [0.1, 0.15) is 30.3 Å². The third kappa shape index (κ3) is 3.17. The van der Waals surface area contributed by atoms with Gasteiger partial charge in [-0.25, -0.2) is 4.98 Å². The summed E-state index contributed by atoms with van der Waals surface area (Å²) in [4.78, 5) is 20.1. The molecule has 3 rings (SSSR count). The number of hydrogen-bond acceptors (Lipinski definition) is 5. The van der Waals surface area contributed by atoms with Crippen molar-refractivity contribution in [2.45, 2.75) is 25.8 Å². The van der Waals surface area contributed by atoms with E-state index in [2.05, 4.69) is 4.98 Å². The van der Waals surface area contributed by atoms with Crippen LogP contribution >= 0.6 is 22.7 Å². The number of nitrogens with zero attached hydrogens (tertiary/aromatic N) is 2. The molecule has 0 bridgehead atoms. The molecular formula is C15H19N3OS2. The Labute approximate surface area is 132 Å². The van der Waals surface area contributed by atoms with Crippen LogP contribution in [0.3, 0.4) is 0 Å². The summed E-state index contributed by atoms with van der Waals surface area (Å²) in [5.41, 5.74) is 6.55. The van der Waals surface area contributed by atoms with Crippen molar-refractivity contribution in [2.75, 3.05) is 13.1 Å². The summed E-state index contributed by atoms with van der Waals surface area (Å²) in [6, 6.07) is 4.17. The molecular weight excluding hydrogens is 302 g/mol. The molecule has 0 radical (unpaired) electrons. The number of nitrogens with two attached hydrogens (primary N) is 1. The summed E-state index contributed by atoms with van der Waals surface area (Å²) < 4.78 is 0. The number of amides is 1. The fourth-order valence-electron chi connectivity index (χ4n) is 2.67. The first-order valence-electron chi connectivity index (χ1n) is 7.19. The van der Waals surface area contributed by atoms with Crippen LogP contribution in [0, 0.1) is 5.92 Å². The van der Waals surface area contributed by atoms with E-state index in [0.29, 0.717) is 11.6 Å². The van der Waals surface area contributed by atoms with Gasteiger partial charge in [-0.15, -0.1) is 22.7 Å². The average Bonchev–Trinajstić information content (AvgIpc) is 3.17. The third-order valence-corrected chi connectivity index (χ3v) is 5.83. The van der Waals surface area contributed by atoms with Crippen molar-refractivity contribution < 1.29 is 4.79 Å². The van der Waals surface area contributed by atoms with Gasteiger partial charge in [0.2, 0.25) is 0 Å². The van der Waals surface area contributed by atoms with Crippen molar-refractivity contribution in [3.05, 3.63) is 28.6 Å². The van der Waals surface area contributed by atoms with Gasteiger partial charge in [-0.1, -0.05) is 6.07 Å². The minimum absolute atomic E-state index is 0.0411. The number of aromatic nitrogens is 1. The Kier molecular flexibility index (Phi) is 4.37. The van der Waals surface area contributed by atoms with Gasteiger partial charge in [0.25, 0.3) is 5.91 Å². The van der Waals surface area contributed by atoms with Crippen LogP contribution in [0.15, 0.2) is 22.9 Å². The van der Waals surface area contributed by atoms with Crippen molar-refractivity contribution in [1.29, 1.82) is 0 Å². The van der Waals surface area contributed by atoms with Crippen molar-refractivity contribution in [3.63, 3.8) is 0 Å². The number of carbonyl (C=O) groups excluding carboxylic acids is 1. The zero-order chi connectivity index (χ0) is 14.8. The van der Waals surface area contributed by atoms with Gasteiger partial charge < -0.3 is 10.6 Å². The van der Waals surface area contributed by atoms with Gasteiger partial charge in [0.15, 0.2) is 0 Å². The van der Waals surface area contributed by atoms with E-state index < -0.39 is 0 Å². The van der Waals surface area contributed by atoms with Crippen LogP contribution < -0.4 is 5.73 Å². The molecule has 0 saturated carbocycles. The highest BCUT2D eigenvalue weighted by Gasteiger charge is 2.27. The topological polar surface area (TPSA) is 59.2 Å². The number of piperidine rings is 1. The number of rotatable bonds is 3. The highest BCUT2D eigenvalue weighted by molar-refractivity contribution is 7.20. The van der Waals surface area contributed by atoms with E-state index in [-0.39, 0.29) is 11.9 Å². The average molecular weight is 321 g/mol. The SMILES string of the molecule is CC(N)C1CCCN(C(=O)c2csc(-c3cccs3)n2)C1. The van der Waals surface area contributed by atoms with E-state index >= 15 is 0 Å². The summed E-state index contributed by atoms with van der Waals surface area (Å²) in [7, 11) is 0. The number of thiazole rings is 1. The van der Waals surface area contributed by atoms with Gasteiger partial charge >= 0.3 is 0 Å². The molecule has 1 aliphatic heterocycles. The molecule has 1 amide bonds. The Bertz CT molecular complexity index is 606. The van der Waals surface area contributed by atoms with Crippen molar-refractivity contribution in [3.8, 4) is 9.88 Å². The summed E-state index contributed by atoms with van der Waals surface area (Å²) in [5, 5.41) is 4.82. The van der Waals surface area contributed by atoms with Gasteiger partial charge in [0.05, 0.1) is 4.88 Å². The van der Waals surface area contributed by atoms with E-state index in [4.69, 9.17) is 5.73 Å². The Hall–Kier alpha value is -1.24. The van der Waals surface area contributed by atoms with Crippen LogP contribution in [0.4, 0.5) is 0 Å². The molecule has 2 atom stereocenters. The predicted molar refractivity (Wildman–Crippen MR) is 87.7 cm³/mol. The second kappa shape index (κ2) is 6.25. The molecule has 1 fully saturated rings. The minimum atomic E-state index is 0.0411. The lowest BCUT2D eigenvalue weighted by molar-refractivity contribution is 0.0656. The number of thiophene rings is 1.